The fourth-order valence-electron chi connectivity index (χ4n) is 5.96. The quantitative estimate of drug-likeness (QED) is 0.234. The SMILES string of the molecule is O=C(NC(C1CCCCC1)C1CC1)c1ccc(-c2c(Cl)cccc2-c2nc3ccccc3[nH]2)c(C(=O)O)c1. The number of para-hydroxylation sites is 2. The number of halogens is 1. The van der Waals surface area contributed by atoms with Crippen LogP contribution in [0.25, 0.3) is 33.5 Å². The summed E-state index contributed by atoms with van der Waals surface area (Å²) in [6, 6.07) is 18.2. The molecule has 1 atom stereocenters. The van der Waals surface area contributed by atoms with Gasteiger partial charge in [0, 0.05) is 27.8 Å². The second-order valence-corrected chi connectivity index (χ2v) is 11.0. The summed E-state index contributed by atoms with van der Waals surface area (Å²) in [7, 11) is 0. The van der Waals surface area contributed by atoms with Crippen LogP contribution in [0.4, 0.5) is 0 Å². The van der Waals surface area contributed by atoms with E-state index in [-0.39, 0.29) is 17.5 Å². The number of benzene rings is 3. The number of nitrogens with zero attached hydrogens (tertiary/aromatic N) is 1. The largest absolute Gasteiger partial charge is 0.478 e. The van der Waals surface area contributed by atoms with Crippen LogP contribution in [0.1, 0.15) is 65.7 Å². The van der Waals surface area contributed by atoms with E-state index in [1.807, 2.05) is 36.4 Å². The Morgan fingerprint density at radius 1 is 0.921 bits per heavy atom. The maximum atomic E-state index is 13.4. The van der Waals surface area contributed by atoms with E-state index in [1.165, 1.54) is 25.3 Å². The Morgan fingerprint density at radius 3 is 2.42 bits per heavy atom. The molecule has 2 aliphatic rings. The number of hydrogen-bond donors (Lipinski definition) is 3. The Labute approximate surface area is 226 Å². The minimum atomic E-state index is -1.11. The van der Waals surface area contributed by atoms with Gasteiger partial charge in [0.2, 0.25) is 0 Å². The van der Waals surface area contributed by atoms with Crippen molar-refractivity contribution in [1.29, 1.82) is 0 Å². The number of rotatable bonds is 7. The highest BCUT2D eigenvalue weighted by Crippen LogP contribution is 2.41. The third-order valence-corrected chi connectivity index (χ3v) is 8.34. The lowest BCUT2D eigenvalue weighted by Crippen LogP contribution is -2.42. The highest BCUT2D eigenvalue weighted by molar-refractivity contribution is 6.34. The molecular formula is C31H30ClN3O3. The van der Waals surface area contributed by atoms with E-state index < -0.39 is 5.97 Å². The van der Waals surface area contributed by atoms with Crippen molar-refractivity contribution in [1.82, 2.24) is 15.3 Å². The Balaban J connectivity index is 1.36. The van der Waals surface area contributed by atoms with E-state index in [9.17, 15) is 14.7 Å². The number of H-pyrrole nitrogens is 1. The Kier molecular flexibility index (Phi) is 6.66. The molecule has 6 rings (SSSR count). The number of imidazole rings is 1. The number of carboxylic acid groups (broad SMARTS) is 1. The lowest BCUT2D eigenvalue weighted by atomic mass is 9.82. The molecule has 0 spiro atoms. The summed E-state index contributed by atoms with van der Waals surface area (Å²) in [5, 5.41) is 13.9. The predicted molar refractivity (Wildman–Crippen MR) is 149 cm³/mol. The van der Waals surface area contributed by atoms with Gasteiger partial charge in [-0.25, -0.2) is 9.78 Å². The molecular weight excluding hydrogens is 498 g/mol. The van der Waals surface area contributed by atoms with Crippen LogP contribution >= 0.6 is 11.6 Å². The van der Waals surface area contributed by atoms with Gasteiger partial charge in [-0.2, -0.15) is 0 Å². The molecule has 3 aromatic carbocycles. The van der Waals surface area contributed by atoms with Crippen molar-refractivity contribution in [3.63, 3.8) is 0 Å². The fourth-order valence-corrected chi connectivity index (χ4v) is 6.24. The van der Waals surface area contributed by atoms with Gasteiger partial charge in [-0.05, 0) is 73.4 Å². The summed E-state index contributed by atoms with van der Waals surface area (Å²) < 4.78 is 0. The van der Waals surface area contributed by atoms with Crippen molar-refractivity contribution in [2.75, 3.05) is 0 Å². The van der Waals surface area contributed by atoms with Crippen LogP contribution in [0.2, 0.25) is 5.02 Å². The molecule has 1 aromatic heterocycles. The molecule has 2 saturated carbocycles. The van der Waals surface area contributed by atoms with Crippen LogP contribution in [0, 0.1) is 11.8 Å². The molecule has 2 aliphatic carbocycles. The van der Waals surface area contributed by atoms with E-state index in [1.54, 1.807) is 18.2 Å². The van der Waals surface area contributed by atoms with Gasteiger partial charge >= 0.3 is 5.97 Å². The summed E-state index contributed by atoms with van der Waals surface area (Å²) >= 11 is 6.67. The zero-order valence-corrected chi connectivity index (χ0v) is 21.8. The number of fused-ring (bicyclic) bond motifs is 1. The topological polar surface area (TPSA) is 95.1 Å². The van der Waals surface area contributed by atoms with Gasteiger partial charge in [0.25, 0.3) is 5.91 Å². The summed E-state index contributed by atoms with van der Waals surface area (Å²) in [4.78, 5) is 33.8. The van der Waals surface area contributed by atoms with Gasteiger partial charge in [0.05, 0.1) is 16.6 Å². The van der Waals surface area contributed by atoms with Crippen molar-refractivity contribution in [3.05, 3.63) is 76.8 Å². The van der Waals surface area contributed by atoms with Crippen molar-refractivity contribution in [3.8, 4) is 22.5 Å². The van der Waals surface area contributed by atoms with Crippen LogP contribution in [-0.2, 0) is 0 Å². The number of carbonyl (C=O) groups excluding carboxylic acids is 1. The number of nitrogens with one attached hydrogen (secondary N) is 2. The number of aromatic nitrogens is 2. The fraction of sp³-hybridized carbons (Fsp3) is 0.323. The summed E-state index contributed by atoms with van der Waals surface area (Å²) in [5.41, 5.74) is 3.77. The molecule has 6 nitrogen and oxygen atoms in total. The third-order valence-electron chi connectivity index (χ3n) is 8.02. The Bertz CT molecular complexity index is 1490. The lowest BCUT2D eigenvalue weighted by molar-refractivity contribution is 0.0697. The number of carbonyl (C=O) groups is 2. The molecule has 194 valence electrons. The van der Waals surface area contributed by atoms with Gasteiger partial charge in [-0.3, -0.25) is 4.79 Å². The van der Waals surface area contributed by atoms with Gasteiger partial charge in [0.15, 0.2) is 0 Å². The average molecular weight is 528 g/mol. The molecule has 2 fully saturated rings. The Hall–Kier alpha value is -3.64. The summed E-state index contributed by atoms with van der Waals surface area (Å²) in [6.07, 6.45) is 8.30. The maximum absolute atomic E-state index is 13.4. The number of amides is 1. The zero-order valence-electron chi connectivity index (χ0n) is 21.0. The molecule has 1 unspecified atom stereocenters. The number of hydrogen-bond acceptors (Lipinski definition) is 3. The third kappa shape index (κ3) is 4.81. The number of carboxylic acids is 1. The van der Waals surface area contributed by atoms with E-state index in [0.29, 0.717) is 44.9 Å². The average Bonchev–Trinajstić information content (AvgIpc) is 3.69. The van der Waals surface area contributed by atoms with E-state index in [0.717, 1.165) is 36.7 Å². The van der Waals surface area contributed by atoms with Gasteiger partial charge in [0.1, 0.15) is 5.82 Å². The van der Waals surface area contributed by atoms with Crippen molar-refractivity contribution >= 4 is 34.5 Å². The maximum Gasteiger partial charge on any atom is 0.336 e. The van der Waals surface area contributed by atoms with Crippen molar-refractivity contribution < 1.29 is 14.7 Å². The first kappa shape index (κ1) is 24.7. The molecule has 1 amide bonds. The van der Waals surface area contributed by atoms with Crippen molar-refractivity contribution in [2.24, 2.45) is 11.8 Å². The zero-order chi connectivity index (χ0) is 26.2. The molecule has 4 aromatic rings. The van der Waals surface area contributed by atoms with E-state index in [4.69, 9.17) is 16.6 Å². The molecule has 3 N–H and O–H groups in total. The first-order chi connectivity index (χ1) is 18.5. The first-order valence-electron chi connectivity index (χ1n) is 13.4. The molecule has 1 heterocycles. The minimum absolute atomic E-state index is 0.0312. The predicted octanol–water partition coefficient (Wildman–Crippen LogP) is 7.34. The standard InChI is InChI=1S/C31H30ClN3O3/c32-24-10-6-9-22(29-33-25-11-4-5-12-26(25)34-29)27(24)21-16-15-20(17-23(21)31(37)38)30(36)35-28(19-13-14-19)18-7-2-1-3-8-18/h4-6,9-12,15-19,28H,1-3,7-8,13-14H2,(H,33,34)(H,35,36)(H,37,38). The highest BCUT2D eigenvalue weighted by atomic mass is 35.5. The van der Waals surface area contributed by atoms with Crippen LogP contribution in [0.15, 0.2) is 60.7 Å². The molecule has 0 bridgehead atoms. The van der Waals surface area contributed by atoms with Crippen LogP contribution in [-0.4, -0.2) is 33.0 Å². The number of aromatic amines is 1. The van der Waals surface area contributed by atoms with Gasteiger partial charge < -0.3 is 15.4 Å². The molecule has 0 saturated heterocycles. The normalized spacial score (nSPS) is 16.9. The van der Waals surface area contributed by atoms with Crippen LogP contribution in [0.3, 0.4) is 0 Å². The molecule has 0 aliphatic heterocycles. The minimum Gasteiger partial charge on any atom is -0.478 e. The highest BCUT2D eigenvalue weighted by Gasteiger charge is 2.38. The first-order valence-corrected chi connectivity index (χ1v) is 13.8. The van der Waals surface area contributed by atoms with Gasteiger partial charge in [-0.15, -0.1) is 0 Å². The second kappa shape index (κ2) is 10.3. The molecule has 7 heteroatoms. The van der Waals surface area contributed by atoms with Gasteiger partial charge in [-0.1, -0.05) is 61.2 Å². The lowest BCUT2D eigenvalue weighted by Gasteiger charge is -2.31. The van der Waals surface area contributed by atoms with Crippen LogP contribution < -0.4 is 5.32 Å². The smallest absolute Gasteiger partial charge is 0.336 e. The van der Waals surface area contributed by atoms with Crippen molar-refractivity contribution in [2.45, 2.75) is 51.0 Å². The second-order valence-electron chi connectivity index (χ2n) is 10.6. The summed E-state index contributed by atoms with van der Waals surface area (Å²) in [5.74, 6) is 0.318. The Morgan fingerprint density at radius 2 is 1.68 bits per heavy atom. The van der Waals surface area contributed by atoms with E-state index >= 15 is 0 Å². The molecule has 0 radical (unpaired) electrons. The molecule has 38 heavy (non-hydrogen) atoms. The number of aromatic carboxylic acids is 1. The van der Waals surface area contributed by atoms with E-state index in [2.05, 4.69) is 10.3 Å². The monoisotopic (exact) mass is 527 g/mol. The summed E-state index contributed by atoms with van der Waals surface area (Å²) in [6.45, 7) is 0. The van der Waals surface area contributed by atoms with Crippen LogP contribution in [0.5, 0.6) is 0 Å².